The number of hydrogen-bond donors (Lipinski definition) is 2. The normalized spacial score (nSPS) is 11.3. The van der Waals surface area contributed by atoms with Gasteiger partial charge in [0.2, 0.25) is 0 Å². The van der Waals surface area contributed by atoms with Crippen LogP contribution in [-0.4, -0.2) is 8.42 Å². The van der Waals surface area contributed by atoms with Gasteiger partial charge in [0.15, 0.2) is 0 Å². The summed E-state index contributed by atoms with van der Waals surface area (Å²) in [6.45, 7) is 1.68. The van der Waals surface area contributed by atoms with Gasteiger partial charge in [0.25, 0.3) is 10.0 Å². The van der Waals surface area contributed by atoms with Gasteiger partial charge < -0.3 is 5.73 Å². The molecule has 0 saturated heterocycles. The molecule has 2 aromatic carbocycles. The maximum absolute atomic E-state index is 13.3. The van der Waals surface area contributed by atoms with E-state index in [4.69, 9.17) is 5.73 Å². The van der Waals surface area contributed by atoms with E-state index >= 15 is 0 Å². The minimum atomic E-state index is -3.84. The van der Waals surface area contributed by atoms with Crippen LogP contribution in [0.3, 0.4) is 0 Å². The van der Waals surface area contributed by atoms with Gasteiger partial charge in [0.1, 0.15) is 10.7 Å². The van der Waals surface area contributed by atoms with Crippen LogP contribution in [0.25, 0.3) is 0 Å². The first-order chi connectivity index (χ1) is 9.28. The second-order valence-electron chi connectivity index (χ2n) is 4.31. The predicted molar refractivity (Wildman–Crippen MR) is 80.5 cm³/mol. The Hall–Kier alpha value is -1.60. The van der Waals surface area contributed by atoms with E-state index in [9.17, 15) is 12.8 Å². The Balaban J connectivity index is 2.43. The fraction of sp³-hybridized carbons (Fsp3) is 0.0769. The summed E-state index contributed by atoms with van der Waals surface area (Å²) in [4.78, 5) is -0.000542. The number of nitrogens with one attached hydrogen (secondary N) is 1. The van der Waals surface area contributed by atoms with Gasteiger partial charge in [-0.2, -0.15) is 0 Å². The number of aryl methyl sites for hydroxylation is 1. The van der Waals surface area contributed by atoms with Crippen molar-refractivity contribution in [2.45, 2.75) is 11.8 Å². The third-order valence-corrected chi connectivity index (χ3v) is 4.91. The summed E-state index contributed by atoms with van der Waals surface area (Å²) >= 11 is 3.16. The maximum Gasteiger partial charge on any atom is 0.263 e. The lowest BCUT2D eigenvalue weighted by molar-refractivity contribution is 0.600. The van der Waals surface area contributed by atoms with Gasteiger partial charge in [-0.3, -0.25) is 4.72 Å². The predicted octanol–water partition coefficient (Wildman–Crippen LogP) is 3.28. The first-order valence-corrected chi connectivity index (χ1v) is 7.90. The summed E-state index contributed by atoms with van der Waals surface area (Å²) in [6, 6.07) is 8.43. The topological polar surface area (TPSA) is 72.2 Å². The summed E-state index contributed by atoms with van der Waals surface area (Å²) in [5, 5.41) is 0. The van der Waals surface area contributed by atoms with E-state index in [0.29, 0.717) is 15.7 Å². The Labute approximate surface area is 125 Å². The van der Waals surface area contributed by atoms with E-state index < -0.39 is 15.8 Å². The third-order valence-electron chi connectivity index (χ3n) is 2.54. The first kappa shape index (κ1) is 14.8. The van der Waals surface area contributed by atoms with E-state index in [-0.39, 0.29) is 10.6 Å². The monoisotopic (exact) mass is 358 g/mol. The van der Waals surface area contributed by atoms with Crippen LogP contribution < -0.4 is 10.5 Å². The molecule has 0 spiro atoms. The van der Waals surface area contributed by atoms with Crippen molar-refractivity contribution in [3.8, 4) is 0 Å². The molecule has 0 saturated carbocycles. The zero-order valence-corrected chi connectivity index (χ0v) is 12.9. The second-order valence-corrected chi connectivity index (χ2v) is 6.82. The molecule has 0 aromatic heterocycles. The van der Waals surface area contributed by atoms with Crippen molar-refractivity contribution in [2.24, 2.45) is 0 Å². The highest BCUT2D eigenvalue weighted by molar-refractivity contribution is 9.10. The molecule has 7 heteroatoms. The number of benzene rings is 2. The van der Waals surface area contributed by atoms with Crippen LogP contribution in [0, 0.1) is 12.7 Å². The zero-order chi connectivity index (χ0) is 14.9. The molecule has 2 aromatic rings. The average molecular weight is 359 g/mol. The molecule has 2 rings (SSSR count). The van der Waals surface area contributed by atoms with Crippen molar-refractivity contribution < 1.29 is 12.8 Å². The molecule has 0 aliphatic heterocycles. The lowest BCUT2D eigenvalue weighted by atomic mass is 10.2. The zero-order valence-electron chi connectivity index (χ0n) is 10.5. The molecule has 0 amide bonds. The van der Waals surface area contributed by atoms with Gasteiger partial charge in [-0.1, -0.05) is 0 Å². The fourth-order valence-electron chi connectivity index (χ4n) is 1.73. The number of anilines is 2. The Kier molecular flexibility index (Phi) is 4.01. The molecule has 0 atom stereocenters. The van der Waals surface area contributed by atoms with Gasteiger partial charge >= 0.3 is 0 Å². The van der Waals surface area contributed by atoms with Crippen LogP contribution >= 0.6 is 15.9 Å². The van der Waals surface area contributed by atoms with Crippen LogP contribution in [0.15, 0.2) is 45.8 Å². The molecule has 0 fully saturated rings. The molecule has 4 nitrogen and oxygen atoms in total. The number of rotatable bonds is 3. The van der Waals surface area contributed by atoms with Crippen molar-refractivity contribution in [1.29, 1.82) is 0 Å². The molecular formula is C13H12BrFN2O2S. The van der Waals surface area contributed by atoms with Crippen molar-refractivity contribution in [2.75, 3.05) is 10.5 Å². The molecular weight excluding hydrogens is 347 g/mol. The first-order valence-electron chi connectivity index (χ1n) is 5.63. The van der Waals surface area contributed by atoms with Gasteiger partial charge in [0.05, 0.1) is 5.69 Å². The molecule has 0 heterocycles. The van der Waals surface area contributed by atoms with E-state index in [1.807, 2.05) is 0 Å². The molecule has 20 heavy (non-hydrogen) atoms. The summed E-state index contributed by atoms with van der Waals surface area (Å²) in [5.41, 5.74) is 6.70. The number of nitrogens with two attached hydrogens (primary N) is 1. The summed E-state index contributed by atoms with van der Waals surface area (Å²) < 4.78 is 40.6. The largest absolute Gasteiger partial charge is 0.399 e. The van der Waals surface area contributed by atoms with Gasteiger partial charge in [-0.25, -0.2) is 12.8 Å². The van der Waals surface area contributed by atoms with E-state index in [1.165, 1.54) is 12.1 Å². The molecule has 0 bridgehead atoms. The summed E-state index contributed by atoms with van der Waals surface area (Å²) in [5.74, 6) is -0.505. The maximum atomic E-state index is 13.3. The number of sulfonamides is 1. The highest BCUT2D eigenvalue weighted by Crippen LogP contribution is 2.26. The van der Waals surface area contributed by atoms with Crippen molar-refractivity contribution >= 4 is 37.3 Å². The molecule has 0 aliphatic rings. The van der Waals surface area contributed by atoms with Gasteiger partial charge in [-0.15, -0.1) is 0 Å². The standard InChI is InChI=1S/C13H12BrFN2O2S/c1-8-4-9(15)6-11(5-8)17-20(18,19)13-7-10(16)2-3-12(13)14/h2-7,17H,16H2,1H3. The summed E-state index contributed by atoms with van der Waals surface area (Å²) in [6.07, 6.45) is 0. The Bertz CT molecular complexity index is 743. The molecule has 106 valence electrons. The van der Waals surface area contributed by atoms with E-state index in [2.05, 4.69) is 20.7 Å². The fourth-order valence-corrected chi connectivity index (χ4v) is 3.77. The minimum absolute atomic E-state index is 0.000542. The number of halogens is 2. The van der Waals surface area contributed by atoms with Crippen LogP contribution in [0.4, 0.5) is 15.8 Å². The van der Waals surface area contributed by atoms with Gasteiger partial charge in [0, 0.05) is 10.2 Å². The summed E-state index contributed by atoms with van der Waals surface area (Å²) in [7, 11) is -3.84. The SMILES string of the molecule is Cc1cc(F)cc(NS(=O)(=O)c2cc(N)ccc2Br)c1. The van der Waals surface area contributed by atoms with Crippen LogP contribution in [0.2, 0.25) is 0 Å². The third kappa shape index (κ3) is 3.29. The van der Waals surface area contributed by atoms with E-state index in [1.54, 1.807) is 25.1 Å². The minimum Gasteiger partial charge on any atom is -0.399 e. The molecule has 0 unspecified atom stereocenters. The quantitative estimate of drug-likeness (QED) is 0.827. The lowest BCUT2D eigenvalue weighted by Gasteiger charge is -2.11. The molecule has 0 radical (unpaired) electrons. The van der Waals surface area contributed by atoms with Crippen LogP contribution in [0.5, 0.6) is 0 Å². The number of hydrogen-bond acceptors (Lipinski definition) is 3. The Morgan fingerprint density at radius 3 is 2.55 bits per heavy atom. The molecule has 3 N–H and O–H groups in total. The Morgan fingerprint density at radius 2 is 1.90 bits per heavy atom. The van der Waals surface area contributed by atoms with Crippen LogP contribution in [0.1, 0.15) is 5.56 Å². The molecule has 0 aliphatic carbocycles. The average Bonchev–Trinajstić information content (AvgIpc) is 2.30. The van der Waals surface area contributed by atoms with Crippen molar-refractivity contribution in [1.82, 2.24) is 0 Å². The second kappa shape index (κ2) is 5.41. The van der Waals surface area contributed by atoms with Crippen LogP contribution in [-0.2, 0) is 10.0 Å². The van der Waals surface area contributed by atoms with Gasteiger partial charge in [-0.05, 0) is 64.8 Å². The highest BCUT2D eigenvalue weighted by Gasteiger charge is 2.18. The van der Waals surface area contributed by atoms with Crippen molar-refractivity contribution in [3.63, 3.8) is 0 Å². The number of nitrogen functional groups attached to an aromatic ring is 1. The highest BCUT2D eigenvalue weighted by atomic mass is 79.9. The smallest absolute Gasteiger partial charge is 0.263 e. The lowest BCUT2D eigenvalue weighted by Crippen LogP contribution is -2.14. The van der Waals surface area contributed by atoms with E-state index in [0.717, 1.165) is 6.07 Å². The Morgan fingerprint density at radius 1 is 1.20 bits per heavy atom. The van der Waals surface area contributed by atoms with Crippen molar-refractivity contribution in [3.05, 3.63) is 52.3 Å².